The van der Waals surface area contributed by atoms with E-state index in [0.29, 0.717) is 24.4 Å². The molecule has 1 aromatic carbocycles. The van der Waals surface area contributed by atoms with E-state index >= 15 is 0 Å². The van der Waals surface area contributed by atoms with Crippen molar-refractivity contribution in [2.75, 3.05) is 19.0 Å². The number of piperidine rings is 1. The molecule has 0 aromatic heterocycles. The van der Waals surface area contributed by atoms with E-state index in [1.165, 1.54) is 0 Å². The summed E-state index contributed by atoms with van der Waals surface area (Å²) in [7, 11) is 1.58. The number of methoxy groups -OCH3 is 1. The third-order valence-electron chi connectivity index (χ3n) is 2.95. The Balaban J connectivity index is 1.99. The smallest absolute Gasteiger partial charge is 0.228 e. The fraction of sp³-hybridized carbons (Fsp3) is 0.385. The van der Waals surface area contributed by atoms with Gasteiger partial charge in [0.25, 0.3) is 0 Å². The molecule has 1 fully saturated rings. The third kappa shape index (κ3) is 3.00. The van der Waals surface area contributed by atoms with Crippen LogP contribution >= 0.6 is 0 Å². The summed E-state index contributed by atoms with van der Waals surface area (Å²) in [6, 6.07) is 7.16. The van der Waals surface area contributed by atoms with Gasteiger partial charge in [0.2, 0.25) is 11.8 Å². The van der Waals surface area contributed by atoms with E-state index in [-0.39, 0.29) is 24.2 Å². The Hall–Kier alpha value is -2.04. The zero-order chi connectivity index (χ0) is 13.0. The van der Waals surface area contributed by atoms with E-state index in [0.717, 1.165) is 0 Å². The molecular formula is C13H16N2O3. The number of carbonyl (C=O) groups is 2. The van der Waals surface area contributed by atoms with Gasteiger partial charge in [-0.1, -0.05) is 6.07 Å². The summed E-state index contributed by atoms with van der Waals surface area (Å²) in [4.78, 5) is 23.2. The lowest BCUT2D eigenvalue weighted by atomic mass is 9.96. The van der Waals surface area contributed by atoms with E-state index in [1.54, 1.807) is 19.2 Å². The summed E-state index contributed by atoms with van der Waals surface area (Å²) in [6.07, 6.45) is 0.942. The molecule has 1 saturated heterocycles. The van der Waals surface area contributed by atoms with Crippen molar-refractivity contribution in [2.45, 2.75) is 12.8 Å². The van der Waals surface area contributed by atoms with E-state index in [9.17, 15) is 9.59 Å². The normalized spacial score (nSPS) is 18.9. The molecule has 2 amide bonds. The maximum Gasteiger partial charge on any atom is 0.228 e. The van der Waals surface area contributed by atoms with Crippen LogP contribution in [0, 0.1) is 5.92 Å². The van der Waals surface area contributed by atoms with Crippen LogP contribution in [-0.2, 0) is 9.59 Å². The molecule has 5 heteroatoms. The van der Waals surface area contributed by atoms with Crippen LogP contribution in [0.15, 0.2) is 24.3 Å². The first-order valence-corrected chi connectivity index (χ1v) is 5.90. The van der Waals surface area contributed by atoms with Crippen molar-refractivity contribution in [1.29, 1.82) is 0 Å². The molecule has 1 aromatic rings. The number of amides is 2. The molecule has 2 N–H and O–H groups in total. The Morgan fingerprint density at radius 1 is 1.50 bits per heavy atom. The maximum absolute atomic E-state index is 12.0. The van der Waals surface area contributed by atoms with Gasteiger partial charge in [-0.25, -0.2) is 0 Å². The van der Waals surface area contributed by atoms with Crippen molar-refractivity contribution in [3.05, 3.63) is 24.3 Å². The van der Waals surface area contributed by atoms with Crippen LogP contribution in [0.1, 0.15) is 12.8 Å². The predicted octanol–water partition coefficient (Wildman–Crippen LogP) is 1.16. The van der Waals surface area contributed by atoms with Crippen LogP contribution in [0.3, 0.4) is 0 Å². The second-order valence-electron chi connectivity index (χ2n) is 4.26. The fourth-order valence-corrected chi connectivity index (χ4v) is 1.95. The topological polar surface area (TPSA) is 67.4 Å². The number of hydrogen-bond acceptors (Lipinski definition) is 3. The first kappa shape index (κ1) is 12.4. The lowest BCUT2D eigenvalue weighted by Crippen LogP contribution is -2.38. The highest BCUT2D eigenvalue weighted by Gasteiger charge is 2.25. The van der Waals surface area contributed by atoms with E-state index in [4.69, 9.17) is 4.74 Å². The van der Waals surface area contributed by atoms with Crippen molar-refractivity contribution >= 4 is 17.5 Å². The van der Waals surface area contributed by atoms with Gasteiger partial charge in [-0.05, 0) is 18.6 Å². The summed E-state index contributed by atoms with van der Waals surface area (Å²) >= 11 is 0. The molecule has 96 valence electrons. The number of hydrogen-bond donors (Lipinski definition) is 2. The number of rotatable bonds is 3. The van der Waals surface area contributed by atoms with Crippen molar-refractivity contribution in [3.63, 3.8) is 0 Å². The monoisotopic (exact) mass is 248 g/mol. The van der Waals surface area contributed by atoms with Crippen molar-refractivity contribution in [1.82, 2.24) is 5.32 Å². The quantitative estimate of drug-likeness (QED) is 0.843. The summed E-state index contributed by atoms with van der Waals surface area (Å²) in [5, 5.41) is 5.52. The van der Waals surface area contributed by atoms with Gasteiger partial charge in [-0.3, -0.25) is 9.59 Å². The lowest BCUT2D eigenvalue weighted by molar-refractivity contribution is -0.129. The van der Waals surface area contributed by atoms with Crippen LogP contribution in [-0.4, -0.2) is 25.5 Å². The molecule has 0 radical (unpaired) electrons. The molecule has 2 rings (SSSR count). The second-order valence-corrected chi connectivity index (χ2v) is 4.26. The molecular weight excluding hydrogens is 232 g/mol. The standard InChI is InChI=1S/C13H16N2O3/c1-18-11-4-2-3-10(8-11)15-13(17)9-5-6-14-12(16)7-9/h2-4,8-9H,5-7H2,1H3,(H,14,16)(H,15,17). The molecule has 0 aliphatic carbocycles. The average Bonchev–Trinajstić information content (AvgIpc) is 2.39. The molecule has 18 heavy (non-hydrogen) atoms. The summed E-state index contributed by atoms with van der Waals surface area (Å²) in [6.45, 7) is 0.565. The molecule has 1 aliphatic heterocycles. The Bertz CT molecular complexity index is 459. The van der Waals surface area contributed by atoms with Gasteiger partial charge in [0, 0.05) is 30.6 Å². The first-order chi connectivity index (χ1) is 8.69. The second kappa shape index (κ2) is 5.53. The summed E-state index contributed by atoms with van der Waals surface area (Å²) < 4.78 is 5.08. The average molecular weight is 248 g/mol. The minimum absolute atomic E-state index is 0.0629. The van der Waals surface area contributed by atoms with Crippen LogP contribution < -0.4 is 15.4 Å². The summed E-state index contributed by atoms with van der Waals surface area (Å²) in [5.74, 6) is 0.268. The number of nitrogens with one attached hydrogen (secondary N) is 2. The zero-order valence-corrected chi connectivity index (χ0v) is 10.2. The highest BCUT2D eigenvalue weighted by Crippen LogP contribution is 2.19. The van der Waals surface area contributed by atoms with Crippen LogP contribution in [0.4, 0.5) is 5.69 Å². The zero-order valence-electron chi connectivity index (χ0n) is 10.2. The van der Waals surface area contributed by atoms with Gasteiger partial charge < -0.3 is 15.4 Å². The van der Waals surface area contributed by atoms with Gasteiger partial charge in [-0.2, -0.15) is 0 Å². The third-order valence-corrected chi connectivity index (χ3v) is 2.95. The Morgan fingerprint density at radius 2 is 2.33 bits per heavy atom. The van der Waals surface area contributed by atoms with E-state index in [1.807, 2.05) is 12.1 Å². The van der Waals surface area contributed by atoms with Crippen molar-refractivity contribution in [3.8, 4) is 5.75 Å². The molecule has 0 bridgehead atoms. The minimum atomic E-state index is -0.245. The van der Waals surface area contributed by atoms with Gasteiger partial charge in [-0.15, -0.1) is 0 Å². The molecule has 1 atom stereocenters. The van der Waals surface area contributed by atoms with Crippen LogP contribution in [0.25, 0.3) is 0 Å². The van der Waals surface area contributed by atoms with Gasteiger partial charge >= 0.3 is 0 Å². The minimum Gasteiger partial charge on any atom is -0.497 e. The highest BCUT2D eigenvalue weighted by molar-refractivity contribution is 5.95. The number of anilines is 1. The van der Waals surface area contributed by atoms with Gasteiger partial charge in [0.05, 0.1) is 7.11 Å². The largest absolute Gasteiger partial charge is 0.497 e. The molecule has 1 unspecified atom stereocenters. The lowest BCUT2D eigenvalue weighted by Gasteiger charge is -2.21. The SMILES string of the molecule is COc1cccc(NC(=O)C2CCNC(=O)C2)c1. The van der Waals surface area contributed by atoms with E-state index in [2.05, 4.69) is 10.6 Å². The van der Waals surface area contributed by atoms with E-state index < -0.39 is 0 Å². The number of benzene rings is 1. The highest BCUT2D eigenvalue weighted by atomic mass is 16.5. The number of ether oxygens (including phenoxy) is 1. The van der Waals surface area contributed by atoms with Crippen molar-refractivity contribution in [2.24, 2.45) is 5.92 Å². The predicted molar refractivity (Wildman–Crippen MR) is 67.4 cm³/mol. The summed E-state index contributed by atoms with van der Waals surface area (Å²) in [5.41, 5.74) is 0.685. The fourth-order valence-electron chi connectivity index (χ4n) is 1.95. The Labute approximate surface area is 106 Å². The molecule has 0 spiro atoms. The Morgan fingerprint density at radius 3 is 3.06 bits per heavy atom. The van der Waals surface area contributed by atoms with Crippen molar-refractivity contribution < 1.29 is 14.3 Å². The Kier molecular flexibility index (Phi) is 3.82. The first-order valence-electron chi connectivity index (χ1n) is 5.90. The number of carbonyl (C=O) groups excluding carboxylic acids is 2. The van der Waals surface area contributed by atoms with Gasteiger partial charge in [0.1, 0.15) is 5.75 Å². The maximum atomic E-state index is 12.0. The van der Waals surface area contributed by atoms with Gasteiger partial charge in [0.15, 0.2) is 0 Å². The van der Waals surface area contributed by atoms with Crippen LogP contribution in [0.5, 0.6) is 5.75 Å². The molecule has 5 nitrogen and oxygen atoms in total. The van der Waals surface area contributed by atoms with Crippen LogP contribution in [0.2, 0.25) is 0 Å². The molecule has 1 heterocycles. The molecule has 1 aliphatic rings. The molecule has 0 saturated carbocycles.